The minimum absolute atomic E-state index is 0. The first-order valence-electron chi connectivity index (χ1n) is 8.38. The SMILES string of the molecule is CCNC(=NCCN(C)CCOC)NC1CCC(C)CC1.I. The Hall–Kier alpha value is -0.0800. The van der Waals surface area contributed by atoms with Gasteiger partial charge in [0.1, 0.15) is 0 Å². The molecule has 5 nitrogen and oxygen atoms in total. The van der Waals surface area contributed by atoms with Crippen LogP contribution in [0.2, 0.25) is 0 Å². The van der Waals surface area contributed by atoms with Gasteiger partial charge in [-0.15, -0.1) is 24.0 Å². The summed E-state index contributed by atoms with van der Waals surface area (Å²) in [6.45, 7) is 8.89. The van der Waals surface area contributed by atoms with Crippen molar-refractivity contribution in [2.75, 3.05) is 46.9 Å². The quantitative estimate of drug-likeness (QED) is 0.355. The van der Waals surface area contributed by atoms with Gasteiger partial charge in [0.25, 0.3) is 0 Å². The van der Waals surface area contributed by atoms with E-state index in [1.807, 2.05) is 0 Å². The first-order valence-corrected chi connectivity index (χ1v) is 8.38. The zero-order valence-electron chi connectivity index (χ0n) is 14.7. The molecule has 1 aliphatic rings. The van der Waals surface area contributed by atoms with E-state index in [4.69, 9.17) is 4.74 Å². The number of hydrogen-bond donors (Lipinski definition) is 2. The van der Waals surface area contributed by atoms with Gasteiger partial charge in [0.15, 0.2) is 5.96 Å². The molecule has 6 heteroatoms. The van der Waals surface area contributed by atoms with E-state index in [0.29, 0.717) is 6.04 Å². The minimum Gasteiger partial charge on any atom is -0.383 e. The molecule has 0 saturated heterocycles. The number of aliphatic imine (C=N–C) groups is 1. The predicted octanol–water partition coefficient (Wildman–Crippen LogP) is 2.32. The zero-order chi connectivity index (χ0) is 15.5. The zero-order valence-corrected chi connectivity index (χ0v) is 17.1. The largest absolute Gasteiger partial charge is 0.383 e. The lowest BCUT2D eigenvalue weighted by molar-refractivity contribution is 0.163. The fourth-order valence-corrected chi connectivity index (χ4v) is 2.61. The van der Waals surface area contributed by atoms with Gasteiger partial charge in [-0.2, -0.15) is 0 Å². The molecule has 0 bridgehead atoms. The summed E-state index contributed by atoms with van der Waals surface area (Å²) >= 11 is 0. The number of guanidine groups is 1. The average molecular weight is 426 g/mol. The van der Waals surface area contributed by atoms with Crippen LogP contribution in [0.25, 0.3) is 0 Å². The van der Waals surface area contributed by atoms with Gasteiger partial charge < -0.3 is 20.3 Å². The molecule has 1 aliphatic carbocycles. The Morgan fingerprint density at radius 3 is 2.50 bits per heavy atom. The fraction of sp³-hybridized carbons (Fsp3) is 0.938. The monoisotopic (exact) mass is 426 g/mol. The lowest BCUT2D eigenvalue weighted by Gasteiger charge is -2.28. The summed E-state index contributed by atoms with van der Waals surface area (Å²) in [6.07, 6.45) is 5.19. The second-order valence-corrected chi connectivity index (χ2v) is 6.16. The van der Waals surface area contributed by atoms with Gasteiger partial charge in [0.2, 0.25) is 0 Å². The lowest BCUT2D eigenvalue weighted by Crippen LogP contribution is -2.45. The average Bonchev–Trinajstić information content (AvgIpc) is 2.47. The van der Waals surface area contributed by atoms with Crippen LogP contribution in [0.3, 0.4) is 0 Å². The standard InChI is InChI=1S/C16H34N4O.HI/c1-5-17-16(18-10-11-20(3)12-13-21-4)19-15-8-6-14(2)7-9-15;/h14-15H,5-13H2,1-4H3,(H2,17,18,19);1H. The van der Waals surface area contributed by atoms with Gasteiger partial charge in [-0.25, -0.2) is 0 Å². The topological polar surface area (TPSA) is 48.9 Å². The maximum Gasteiger partial charge on any atom is 0.191 e. The highest BCUT2D eigenvalue weighted by Crippen LogP contribution is 2.23. The van der Waals surface area contributed by atoms with E-state index in [1.54, 1.807) is 7.11 Å². The Kier molecular flexibility index (Phi) is 13.3. The number of methoxy groups -OCH3 is 1. The molecule has 1 fully saturated rings. The van der Waals surface area contributed by atoms with E-state index in [2.05, 4.69) is 41.4 Å². The van der Waals surface area contributed by atoms with Crippen LogP contribution in [-0.2, 0) is 4.74 Å². The van der Waals surface area contributed by atoms with E-state index in [9.17, 15) is 0 Å². The molecule has 0 heterocycles. The molecule has 0 aliphatic heterocycles. The van der Waals surface area contributed by atoms with Crippen LogP contribution < -0.4 is 10.6 Å². The van der Waals surface area contributed by atoms with Crippen LogP contribution >= 0.6 is 24.0 Å². The molecule has 22 heavy (non-hydrogen) atoms. The number of rotatable bonds is 8. The third kappa shape index (κ3) is 9.84. The Balaban J connectivity index is 0.00000441. The number of nitrogens with zero attached hydrogens (tertiary/aromatic N) is 2. The van der Waals surface area contributed by atoms with Gasteiger partial charge in [-0.3, -0.25) is 4.99 Å². The first kappa shape index (κ1) is 21.9. The Morgan fingerprint density at radius 2 is 1.91 bits per heavy atom. The highest BCUT2D eigenvalue weighted by atomic mass is 127. The molecule has 0 aromatic rings. The van der Waals surface area contributed by atoms with Crippen LogP contribution in [0.5, 0.6) is 0 Å². The van der Waals surface area contributed by atoms with Crippen LogP contribution in [0.15, 0.2) is 4.99 Å². The van der Waals surface area contributed by atoms with Gasteiger partial charge >= 0.3 is 0 Å². The second-order valence-electron chi connectivity index (χ2n) is 6.16. The van der Waals surface area contributed by atoms with Crippen molar-refractivity contribution >= 4 is 29.9 Å². The maximum absolute atomic E-state index is 5.09. The van der Waals surface area contributed by atoms with Crippen molar-refractivity contribution < 1.29 is 4.74 Å². The van der Waals surface area contributed by atoms with Crippen molar-refractivity contribution in [3.63, 3.8) is 0 Å². The van der Waals surface area contributed by atoms with Gasteiger partial charge in [0.05, 0.1) is 13.2 Å². The van der Waals surface area contributed by atoms with Crippen molar-refractivity contribution in [2.24, 2.45) is 10.9 Å². The molecule has 0 aromatic heterocycles. The summed E-state index contributed by atoms with van der Waals surface area (Å²) in [4.78, 5) is 6.94. The van der Waals surface area contributed by atoms with Crippen molar-refractivity contribution in [3.8, 4) is 0 Å². The third-order valence-electron chi connectivity index (χ3n) is 4.13. The summed E-state index contributed by atoms with van der Waals surface area (Å²) in [5, 5.41) is 6.94. The molecule has 0 amide bonds. The second kappa shape index (κ2) is 13.4. The van der Waals surface area contributed by atoms with Crippen LogP contribution in [0.1, 0.15) is 39.5 Å². The highest BCUT2D eigenvalue weighted by Gasteiger charge is 2.18. The summed E-state index contributed by atoms with van der Waals surface area (Å²) in [5.41, 5.74) is 0. The molecule has 0 spiro atoms. The van der Waals surface area contributed by atoms with Crippen LogP contribution in [0, 0.1) is 5.92 Å². The van der Waals surface area contributed by atoms with Crippen LogP contribution in [0.4, 0.5) is 0 Å². The summed E-state index contributed by atoms with van der Waals surface area (Å²) < 4.78 is 5.09. The number of likely N-dealkylation sites (N-methyl/N-ethyl adjacent to an activating group) is 1. The summed E-state index contributed by atoms with van der Waals surface area (Å²) in [7, 11) is 3.85. The van der Waals surface area contributed by atoms with Crippen molar-refractivity contribution in [2.45, 2.75) is 45.6 Å². The van der Waals surface area contributed by atoms with E-state index in [0.717, 1.165) is 44.7 Å². The smallest absolute Gasteiger partial charge is 0.191 e. The van der Waals surface area contributed by atoms with E-state index in [1.165, 1.54) is 25.7 Å². The first-order chi connectivity index (χ1) is 10.2. The maximum atomic E-state index is 5.09. The minimum atomic E-state index is 0. The van der Waals surface area contributed by atoms with Crippen molar-refractivity contribution in [3.05, 3.63) is 0 Å². The predicted molar refractivity (Wildman–Crippen MR) is 105 cm³/mol. The number of hydrogen-bond acceptors (Lipinski definition) is 3. The number of halogens is 1. The molecule has 0 aromatic carbocycles. The lowest BCUT2D eigenvalue weighted by atomic mass is 9.87. The molecule has 132 valence electrons. The van der Waals surface area contributed by atoms with E-state index in [-0.39, 0.29) is 24.0 Å². The molecule has 2 N–H and O–H groups in total. The Labute approximate surface area is 153 Å². The van der Waals surface area contributed by atoms with Gasteiger partial charge in [-0.1, -0.05) is 6.92 Å². The number of nitrogens with one attached hydrogen (secondary N) is 2. The van der Waals surface area contributed by atoms with E-state index >= 15 is 0 Å². The molecular formula is C16H35IN4O. The van der Waals surface area contributed by atoms with Crippen LogP contribution in [-0.4, -0.2) is 63.8 Å². The Bertz CT molecular complexity index is 294. The highest BCUT2D eigenvalue weighted by molar-refractivity contribution is 14.0. The normalized spacial score (nSPS) is 22.3. The van der Waals surface area contributed by atoms with Crippen molar-refractivity contribution in [1.29, 1.82) is 0 Å². The van der Waals surface area contributed by atoms with Gasteiger partial charge in [-0.05, 0) is 45.6 Å². The fourth-order valence-electron chi connectivity index (χ4n) is 2.61. The molecule has 1 rings (SSSR count). The molecule has 1 saturated carbocycles. The van der Waals surface area contributed by atoms with E-state index < -0.39 is 0 Å². The molecule has 0 unspecified atom stereocenters. The van der Waals surface area contributed by atoms with Gasteiger partial charge in [0, 0.05) is 32.8 Å². The molecule has 0 atom stereocenters. The Morgan fingerprint density at radius 1 is 1.23 bits per heavy atom. The third-order valence-corrected chi connectivity index (χ3v) is 4.13. The summed E-state index contributed by atoms with van der Waals surface area (Å²) in [5.74, 6) is 1.86. The number of ether oxygens (including phenoxy) is 1. The molecular weight excluding hydrogens is 391 g/mol. The summed E-state index contributed by atoms with van der Waals surface area (Å²) in [6, 6.07) is 0.588. The molecule has 0 radical (unpaired) electrons. The van der Waals surface area contributed by atoms with Crippen molar-refractivity contribution in [1.82, 2.24) is 15.5 Å².